The number of aromatic carboxylic acids is 1. The second-order valence-electron chi connectivity index (χ2n) is 6.57. The number of carbonyl (C=O) groups is 1. The van der Waals surface area contributed by atoms with Gasteiger partial charge in [0.15, 0.2) is 0 Å². The zero-order valence-electron chi connectivity index (χ0n) is 15.4. The number of aryl methyl sites for hydroxylation is 1. The average Bonchev–Trinajstić information content (AvgIpc) is 3.24. The smallest absolute Gasteiger partial charge is 0.387 e. The van der Waals surface area contributed by atoms with Gasteiger partial charge >= 0.3 is 12.6 Å². The zero-order chi connectivity index (χ0) is 20.4. The number of ether oxygens (including phenoxy) is 1. The van der Waals surface area contributed by atoms with Gasteiger partial charge in [0.05, 0.1) is 17.9 Å². The summed E-state index contributed by atoms with van der Waals surface area (Å²) in [6, 6.07) is 3.22. The van der Waals surface area contributed by atoms with Gasteiger partial charge in [-0.3, -0.25) is 4.68 Å². The van der Waals surface area contributed by atoms with E-state index in [-0.39, 0.29) is 22.9 Å². The monoisotopic (exact) mass is 395 g/mol. The number of likely N-dealkylation sites (tertiary alicyclic amines) is 1. The first-order valence-electron chi connectivity index (χ1n) is 8.72. The van der Waals surface area contributed by atoms with Crippen LogP contribution < -0.4 is 4.74 Å². The highest BCUT2D eigenvalue weighted by molar-refractivity contribution is 5.91. The molecule has 1 N–H and O–H groups in total. The van der Waals surface area contributed by atoms with E-state index in [4.69, 9.17) is 0 Å². The molecule has 0 saturated carbocycles. The van der Waals surface area contributed by atoms with Crippen molar-refractivity contribution in [3.8, 4) is 5.75 Å². The molecule has 1 saturated heterocycles. The highest BCUT2D eigenvalue weighted by Gasteiger charge is 2.29. The third-order valence-corrected chi connectivity index (χ3v) is 4.82. The molecule has 1 aliphatic rings. The van der Waals surface area contributed by atoms with Crippen LogP contribution in [0.3, 0.4) is 0 Å². The van der Waals surface area contributed by atoms with Crippen molar-refractivity contribution in [2.45, 2.75) is 32.4 Å². The summed E-state index contributed by atoms with van der Waals surface area (Å²) in [7, 11) is 1.64. The van der Waals surface area contributed by atoms with Crippen LogP contribution in [-0.4, -0.2) is 38.9 Å². The fourth-order valence-corrected chi connectivity index (χ4v) is 3.53. The molecule has 1 aromatic carbocycles. The predicted molar refractivity (Wildman–Crippen MR) is 95.5 cm³/mol. The van der Waals surface area contributed by atoms with Gasteiger partial charge in [-0.2, -0.15) is 13.9 Å². The van der Waals surface area contributed by atoms with E-state index in [2.05, 4.69) is 9.84 Å². The molecule has 1 aliphatic heterocycles. The lowest BCUT2D eigenvalue weighted by atomic mass is 10.0. The van der Waals surface area contributed by atoms with Gasteiger partial charge in [-0.05, 0) is 44.0 Å². The minimum atomic E-state index is -2.99. The van der Waals surface area contributed by atoms with E-state index in [1.54, 1.807) is 20.0 Å². The van der Waals surface area contributed by atoms with Crippen LogP contribution in [-0.2, 0) is 7.05 Å². The van der Waals surface area contributed by atoms with Crippen LogP contribution in [0.25, 0.3) is 6.08 Å². The Kier molecular flexibility index (Phi) is 5.62. The van der Waals surface area contributed by atoms with Crippen molar-refractivity contribution < 1.29 is 27.8 Å². The number of halogens is 3. The number of benzene rings is 1. The van der Waals surface area contributed by atoms with Gasteiger partial charge in [0.1, 0.15) is 17.1 Å². The van der Waals surface area contributed by atoms with Crippen molar-refractivity contribution in [3.05, 3.63) is 52.7 Å². The Labute approximate surface area is 159 Å². The van der Waals surface area contributed by atoms with Gasteiger partial charge < -0.3 is 14.7 Å². The Morgan fingerprint density at radius 1 is 1.43 bits per heavy atom. The molecule has 9 heteroatoms. The summed E-state index contributed by atoms with van der Waals surface area (Å²) in [5.41, 5.74) is 1.49. The average molecular weight is 395 g/mol. The van der Waals surface area contributed by atoms with Crippen LogP contribution >= 0.6 is 0 Å². The van der Waals surface area contributed by atoms with Crippen molar-refractivity contribution in [2.75, 3.05) is 6.54 Å². The topological polar surface area (TPSA) is 67.6 Å². The molecule has 0 spiro atoms. The van der Waals surface area contributed by atoms with Gasteiger partial charge in [-0.1, -0.05) is 0 Å². The van der Waals surface area contributed by atoms with Crippen LogP contribution in [0.5, 0.6) is 5.75 Å². The molecule has 0 aliphatic carbocycles. The first-order chi connectivity index (χ1) is 13.3. The standard InChI is InChI=1S/C19H20F3N3O3/c1-11(8-17-14(18(26)27)10-23-24(17)2)25-7-3-4-16(25)13-9-12(28-19(21)22)5-6-15(13)20/h5-6,8-10,16,19H,3-4,7H2,1-2H3,(H,26,27)/b11-8+/t16-/m1/s1. The zero-order valence-corrected chi connectivity index (χ0v) is 15.4. The number of hydrogen-bond acceptors (Lipinski definition) is 4. The fourth-order valence-electron chi connectivity index (χ4n) is 3.53. The summed E-state index contributed by atoms with van der Waals surface area (Å²) < 4.78 is 45.3. The number of aromatic nitrogens is 2. The number of carboxylic acids is 1. The molecule has 1 atom stereocenters. The summed E-state index contributed by atoms with van der Waals surface area (Å²) in [6.07, 6.45) is 4.38. The molecule has 0 unspecified atom stereocenters. The molecule has 0 bridgehead atoms. The summed E-state index contributed by atoms with van der Waals surface area (Å²) in [5, 5.41) is 13.3. The Bertz CT molecular complexity index is 911. The lowest BCUT2D eigenvalue weighted by molar-refractivity contribution is -0.0499. The molecule has 6 nitrogen and oxygen atoms in total. The molecular weight excluding hydrogens is 375 g/mol. The fraction of sp³-hybridized carbons (Fsp3) is 0.368. The summed E-state index contributed by atoms with van der Waals surface area (Å²) in [4.78, 5) is 13.3. The van der Waals surface area contributed by atoms with Crippen LogP contribution in [0, 0.1) is 5.82 Å². The van der Waals surface area contributed by atoms with E-state index in [1.165, 1.54) is 23.0 Å². The minimum absolute atomic E-state index is 0.0658. The third kappa shape index (κ3) is 3.97. The molecule has 0 amide bonds. The number of alkyl halides is 2. The summed E-state index contributed by atoms with van der Waals surface area (Å²) in [5.74, 6) is -1.69. The molecule has 1 fully saturated rings. The maximum Gasteiger partial charge on any atom is 0.387 e. The molecule has 2 heterocycles. The summed E-state index contributed by atoms with van der Waals surface area (Å²) in [6.45, 7) is -0.556. The van der Waals surface area contributed by atoms with Crippen molar-refractivity contribution in [2.24, 2.45) is 7.05 Å². The first kappa shape index (κ1) is 19.8. The van der Waals surface area contributed by atoms with Gasteiger partial charge in [-0.15, -0.1) is 0 Å². The number of carboxylic acid groups (broad SMARTS) is 1. The molecule has 150 valence electrons. The van der Waals surface area contributed by atoms with Crippen LogP contribution in [0.15, 0.2) is 30.1 Å². The maximum absolute atomic E-state index is 14.4. The second kappa shape index (κ2) is 7.95. The molecule has 3 rings (SSSR count). The number of allylic oxidation sites excluding steroid dienone is 1. The van der Waals surface area contributed by atoms with E-state index in [1.807, 2.05) is 4.90 Å². The van der Waals surface area contributed by atoms with E-state index in [9.17, 15) is 23.1 Å². The predicted octanol–water partition coefficient (Wildman–Crippen LogP) is 4.06. The molecule has 0 radical (unpaired) electrons. The van der Waals surface area contributed by atoms with E-state index >= 15 is 0 Å². The van der Waals surface area contributed by atoms with Crippen molar-refractivity contribution >= 4 is 12.0 Å². The SMILES string of the molecule is C/C(=C\c1c(C(=O)O)cnn1C)N1CCC[C@@H]1c1cc(OC(F)F)ccc1F. The number of nitrogens with zero attached hydrogens (tertiary/aromatic N) is 3. The molecule has 28 heavy (non-hydrogen) atoms. The van der Waals surface area contributed by atoms with Crippen molar-refractivity contribution in [1.29, 1.82) is 0 Å². The van der Waals surface area contributed by atoms with Gasteiger partial charge in [0, 0.05) is 24.9 Å². The quantitative estimate of drug-likeness (QED) is 0.799. The first-order valence-corrected chi connectivity index (χ1v) is 8.72. The Hall–Kier alpha value is -2.97. The van der Waals surface area contributed by atoms with Crippen LogP contribution in [0.2, 0.25) is 0 Å². The normalized spacial score (nSPS) is 17.4. The number of rotatable bonds is 6. The lowest BCUT2D eigenvalue weighted by Gasteiger charge is -2.28. The molecule has 1 aromatic heterocycles. The lowest BCUT2D eigenvalue weighted by Crippen LogP contribution is -2.22. The van der Waals surface area contributed by atoms with E-state index in [0.717, 1.165) is 18.2 Å². The highest BCUT2D eigenvalue weighted by atomic mass is 19.3. The van der Waals surface area contributed by atoms with Gasteiger partial charge in [0.2, 0.25) is 0 Å². The number of hydrogen-bond donors (Lipinski definition) is 1. The van der Waals surface area contributed by atoms with E-state index < -0.39 is 18.4 Å². The highest BCUT2D eigenvalue weighted by Crippen LogP contribution is 2.38. The Balaban J connectivity index is 1.93. The Morgan fingerprint density at radius 3 is 2.86 bits per heavy atom. The molecular formula is C19H20F3N3O3. The Morgan fingerprint density at radius 2 is 2.18 bits per heavy atom. The second-order valence-corrected chi connectivity index (χ2v) is 6.57. The largest absolute Gasteiger partial charge is 0.478 e. The van der Waals surface area contributed by atoms with Crippen molar-refractivity contribution in [1.82, 2.24) is 14.7 Å². The minimum Gasteiger partial charge on any atom is -0.478 e. The van der Waals surface area contributed by atoms with Gasteiger partial charge in [0.25, 0.3) is 0 Å². The third-order valence-electron chi connectivity index (χ3n) is 4.82. The molecule has 2 aromatic rings. The van der Waals surface area contributed by atoms with Crippen molar-refractivity contribution in [3.63, 3.8) is 0 Å². The maximum atomic E-state index is 14.4. The van der Waals surface area contributed by atoms with Crippen LogP contribution in [0.1, 0.15) is 47.4 Å². The van der Waals surface area contributed by atoms with Gasteiger partial charge in [-0.25, -0.2) is 9.18 Å². The van der Waals surface area contributed by atoms with E-state index in [0.29, 0.717) is 18.7 Å². The summed E-state index contributed by atoms with van der Waals surface area (Å²) >= 11 is 0. The van der Waals surface area contributed by atoms with Crippen LogP contribution in [0.4, 0.5) is 13.2 Å².